The molecule has 5 rings (SSSR count). The van der Waals surface area contributed by atoms with Gasteiger partial charge in [0, 0.05) is 48.2 Å². The Labute approximate surface area is 226 Å². The minimum absolute atomic E-state index is 0.0131. The third-order valence-electron chi connectivity index (χ3n) is 6.64. The van der Waals surface area contributed by atoms with Gasteiger partial charge in [-0.2, -0.15) is 13.2 Å². The zero-order valence-corrected chi connectivity index (χ0v) is 21.5. The van der Waals surface area contributed by atoms with Gasteiger partial charge in [-0.1, -0.05) is 6.07 Å². The van der Waals surface area contributed by atoms with E-state index in [1.54, 1.807) is 43.6 Å². The van der Waals surface area contributed by atoms with Crippen molar-refractivity contribution in [3.63, 3.8) is 0 Å². The Morgan fingerprint density at radius 2 is 1.68 bits per heavy atom. The van der Waals surface area contributed by atoms with Crippen LogP contribution in [0.15, 0.2) is 71.8 Å². The first kappa shape index (κ1) is 26.8. The molecule has 0 saturated heterocycles. The maximum Gasteiger partial charge on any atom is 0.433 e. The molecule has 8 nitrogen and oxygen atoms in total. The van der Waals surface area contributed by atoms with Crippen molar-refractivity contribution >= 4 is 23.3 Å². The molecular weight excluding hydrogens is 523 g/mol. The first-order chi connectivity index (χ1) is 19.0. The fourth-order valence-electron chi connectivity index (χ4n) is 4.24. The molecule has 4 aromatic rings. The van der Waals surface area contributed by atoms with Gasteiger partial charge in [0.2, 0.25) is 5.91 Å². The Kier molecular flexibility index (Phi) is 6.97. The van der Waals surface area contributed by atoms with E-state index in [0.717, 1.165) is 24.6 Å². The van der Waals surface area contributed by atoms with Crippen molar-refractivity contribution in [3.8, 4) is 22.4 Å². The van der Waals surface area contributed by atoms with Crippen molar-refractivity contribution in [3.05, 3.63) is 94.2 Å². The van der Waals surface area contributed by atoms with Gasteiger partial charge in [-0.3, -0.25) is 19.4 Å². The van der Waals surface area contributed by atoms with E-state index in [1.165, 1.54) is 16.7 Å². The monoisotopic (exact) mass is 547 g/mol. The van der Waals surface area contributed by atoms with Crippen LogP contribution in [0.25, 0.3) is 22.4 Å². The summed E-state index contributed by atoms with van der Waals surface area (Å²) in [5, 5.41) is 5.43. The van der Waals surface area contributed by atoms with Gasteiger partial charge >= 0.3 is 6.18 Å². The summed E-state index contributed by atoms with van der Waals surface area (Å²) >= 11 is 0. The molecule has 1 aliphatic carbocycles. The molecule has 0 atom stereocenters. The second-order valence-corrected chi connectivity index (χ2v) is 9.63. The molecule has 11 heteroatoms. The van der Waals surface area contributed by atoms with Gasteiger partial charge in [0.15, 0.2) is 0 Å². The van der Waals surface area contributed by atoms with Crippen molar-refractivity contribution in [2.45, 2.75) is 25.9 Å². The van der Waals surface area contributed by atoms with Crippen LogP contribution in [-0.4, -0.2) is 26.3 Å². The number of rotatable bonds is 6. The van der Waals surface area contributed by atoms with E-state index < -0.39 is 17.8 Å². The number of alkyl halides is 3. The van der Waals surface area contributed by atoms with Gasteiger partial charge in [0.25, 0.3) is 11.5 Å². The molecule has 3 heterocycles. The molecule has 204 valence electrons. The number of amides is 2. The Balaban J connectivity index is 1.46. The number of pyridine rings is 3. The van der Waals surface area contributed by atoms with Crippen LogP contribution in [0.3, 0.4) is 0 Å². The van der Waals surface area contributed by atoms with Gasteiger partial charge < -0.3 is 15.2 Å². The Bertz CT molecular complexity index is 1690. The number of nitrogens with one attached hydrogen (secondary N) is 2. The zero-order chi connectivity index (χ0) is 28.6. The number of anilines is 2. The lowest BCUT2D eigenvalue weighted by molar-refractivity contribution is -0.141. The number of aryl methyl sites for hydroxylation is 1. The molecule has 1 fully saturated rings. The first-order valence-corrected chi connectivity index (χ1v) is 12.4. The van der Waals surface area contributed by atoms with E-state index in [-0.39, 0.29) is 22.9 Å². The molecule has 1 aromatic carbocycles. The van der Waals surface area contributed by atoms with Gasteiger partial charge in [0.1, 0.15) is 11.5 Å². The maximum absolute atomic E-state index is 13.0. The van der Waals surface area contributed by atoms with Gasteiger partial charge in [-0.05, 0) is 78.9 Å². The van der Waals surface area contributed by atoms with Crippen LogP contribution in [-0.2, 0) is 18.0 Å². The third kappa shape index (κ3) is 5.78. The zero-order valence-electron chi connectivity index (χ0n) is 21.5. The summed E-state index contributed by atoms with van der Waals surface area (Å²) in [6.45, 7) is 1.84. The summed E-state index contributed by atoms with van der Waals surface area (Å²) in [6.07, 6.45) is -0.472. The number of carbonyl (C=O) groups excluding carboxylic acids is 2. The quantitative estimate of drug-likeness (QED) is 0.335. The predicted octanol–water partition coefficient (Wildman–Crippen LogP) is 5.44. The molecule has 1 aliphatic rings. The van der Waals surface area contributed by atoms with Crippen molar-refractivity contribution < 1.29 is 22.8 Å². The largest absolute Gasteiger partial charge is 0.433 e. The molecule has 0 unspecified atom stereocenters. The SMILES string of the molecule is Cc1ccc(NC(=O)c2ccnc(C(F)(F)F)c2)cc1-c1cc(-c2ccnc(NC(=O)C3CC3)c2)n(C)c(=O)c1. The highest BCUT2D eigenvalue weighted by molar-refractivity contribution is 6.04. The second-order valence-electron chi connectivity index (χ2n) is 9.63. The number of carbonyl (C=O) groups is 2. The number of hydrogen-bond acceptors (Lipinski definition) is 5. The van der Waals surface area contributed by atoms with E-state index in [4.69, 9.17) is 0 Å². The van der Waals surface area contributed by atoms with Crippen LogP contribution in [0.1, 0.15) is 34.5 Å². The Hall–Kier alpha value is -4.80. The predicted molar refractivity (Wildman–Crippen MR) is 144 cm³/mol. The van der Waals surface area contributed by atoms with E-state index in [0.29, 0.717) is 40.0 Å². The van der Waals surface area contributed by atoms with Crippen LogP contribution in [0.2, 0.25) is 0 Å². The lowest BCUT2D eigenvalue weighted by Crippen LogP contribution is -2.18. The minimum Gasteiger partial charge on any atom is -0.322 e. The number of benzene rings is 1. The Morgan fingerprint density at radius 3 is 2.40 bits per heavy atom. The van der Waals surface area contributed by atoms with Gasteiger partial charge in [-0.15, -0.1) is 0 Å². The topological polar surface area (TPSA) is 106 Å². The van der Waals surface area contributed by atoms with Crippen LogP contribution in [0, 0.1) is 12.8 Å². The number of nitrogens with zero attached hydrogens (tertiary/aromatic N) is 3. The highest BCUT2D eigenvalue weighted by Crippen LogP contribution is 2.32. The molecule has 2 N–H and O–H groups in total. The minimum atomic E-state index is -4.68. The first-order valence-electron chi connectivity index (χ1n) is 12.4. The average Bonchev–Trinajstić information content (AvgIpc) is 3.77. The van der Waals surface area contributed by atoms with Gasteiger partial charge in [-0.25, -0.2) is 4.98 Å². The van der Waals surface area contributed by atoms with Crippen LogP contribution < -0.4 is 16.2 Å². The van der Waals surface area contributed by atoms with E-state index in [2.05, 4.69) is 20.6 Å². The fourth-order valence-corrected chi connectivity index (χ4v) is 4.24. The summed E-state index contributed by atoms with van der Waals surface area (Å²) < 4.78 is 40.6. The Morgan fingerprint density at radius 1 is 0.925 bits per heavy atom. The maximum atomic E-state index is 13.0. The van der Waals surface area contributed by atoms with Crippen LogP contribution in [0.4, 0.5) is 24.7 Å². The fraction of sp³-hybridized carbons (Fsp3) is 0.207. The van der Waals surface area contributed by atoms with Gasteiger partial charge in [0.05, 0.1) is 5.69 Å². The second kappa shape index (κ2) is 10.4. The molecule has 2 amide bonds. The number of aromatic nitrogens is 3. The van der Waals surface area contributed by atoms with Crippen molar-refractivity contribution in [2.75, 3.05) is 10.6 Å². The van der Waals surface area contributed by atoms with Crippen molar-refractivity contribution in [2.24, 2.45) is 13.0 Å². The van der Waals surface area contributed by atoms with E-state index in [9.17, 15) is 27.6 Å². The molecule has 0 aliphatic heterocycles. The lowest BCUT2D eigenvalue weighted by Gasteiger charge is -2.15. The number of hydrogen-bond donors (Lipinski definition) is 2. The average molecular weight is 548 g/mol. The summed E-state index contributed by atoms with van der Waals surface area (Å²) in [4.78, 5) is 45.4. The van der Waals surface area contributed by atoms with Crippen LogP contribution in [0.5, 0.6) is 0 Å². The van der Waals surface area contributed by atoms with Crippen molar-refractivity contribution in [1.29, 1.82) is 0 Å². The highest BCUT2D eigenvalue weighted by Gasteiger charge is 2.33. The molecule has 0 radical (unpaired) electrons. The van der Waals surface area contributed by atoms with Crippen molar-refractivity contribution in [1.82, 2.24) is 14.5 Å². The molecule has 0 spiro atoms. The summed E-state index contributed by atoms with van der Waals surface area (Å²) in [6, 6.07) is 13.6. The number of halogens is 3. The highest BCUT2D eigenvalue weighted by atomic mass is 19.4. The summed E-state index contributed by atoms with van der Waals surface area (Å²) in [7, 11) is 1.64. The molecule has 0 bridgehead atoms. The molecular formula is C29H24F3N5O3. The standard InChI is InChI=1S/C29H24F3N5O3/c1-16-3-6-21(35-28(40)19-8-9-33-24(12-19)29(30,31)32)15-22(16)20-11-23(37(2)26(38)14-20)18-7-10-34-25(13-18)36-27(39)17-4-5-17/h3,6-15,17H,4-5H2,1-2H3,(H,35,40)(H,34,36,39). The van der Waals surface area contributed by atoms with E-state index in [1.807, 2.05) is 13.0 Å². The summed E-state index contributed by atoms with van der Waals surface area (Å²) in [5.74, 6) is -0.412. The summed E-state index contributed by atoms with van der Waals surface area (Å²) in [5.41, 5.74) is 2.00. The smallest absolute Gasteiger partial charge is 0.322 e. The normalized spacial score (nSPS) is 13.1. The lowest BCUT2D eigenvalue weighted by atomic mass is 9.98. The molecule has 1 saturated carbocycles. The molecule has 40 heavy (non-hydrogen) atoms. The third-order valence-corrected chi connectivity index (χ3v) is 6.64. The van der Waals surface area contributed by atoms with E-state index >= 15 is 0 Å². The van der Waals surface area contributed by atoms with Crippen LogP contribution >= 0.6 is 0 Å². The molecule has 3 aromatic heterocycles.